The van der Waals surface area contributed by atoms with Crippen LogP contribution in [0, 0.1) is 6.92 Å². The van der Waals surface area contributed by atoms with Crippen LogP contribution in [0.15, 0.2) is 45.7 Å². The number of aliphatic hydroxyl groups is 1. The highest BCUT2D eigenvalue weighted by Crippen LogP contribution is 2.22. The topological polar surface area (TPSA) is 86.5 Å². The molecule has 0 saturated carbocycles. The number of likely N-dealkylation sites (tertiary alicyclic amines) is 1. The molecule has 2 N–H and O–H groups in total. The lowest BCUT2D eigenvalue weighted by atomic mass is 10.0. The summed E-state index contributed by atoms with van der Waals surface area (Å²) in [5.41, 5.74) is 2.36. The summed E-state index contributed by atoms with van der Waals surface area (Å²) in [5.74, 6) is 0.232. The first-order valence-electron chi connectivity index (χ1n) is 9.69. The third-order valence-corrected chi connectivity index (χ3v) is 5.58. The number of fused-ring (bicyclic) bond motifs is 1. The number of para-hydroxylation sites is 1. The van der Waals surface area contributed by atoms with Crippen LogP contribution in [0.2, 0.25) is 0 Å². The molecule has 3 aromatic rings. The van der Waals surface area contributed by atoms with Gasteiger partial charge in [-0.25, -0.2) is 4.79 Å². The molecule has 3 heterocycles. The Morgan fingerprint density at radius 1 is 1.32 bits per heavy atom. The number of rotatable bonds is 5. The van der Waals surface area contributed by atoms with Crippen LogP contribution in [0.5, 0.6) is 0 Å². The first kappa shape index (κ1) is 18.5. The lowest BCUT2D eigenvalue weighted by Gasteiger charge is -2.23. The fourth-order valence-corrected chi connectivity index (χ4v) is 4.09. The number of carbonyl (C=O) groups excluding carboxylic acids is 1. The standard InChI is InChI=1S/C22H24N2O4/c1-14-11-17(9-8-15-12-23-19-7-3-2-6-18(15)19)28-22(27)20(14)21(26)24-10-4-5-16(24)13-25/h2-3,6-7,11-12,16,23,25H,4-5,8-10,13H2,1H3/t16-/m0/s1. The molecule has 0 aliphatic carbocycles. The van der Waals surface area contributed by atoms with Crippen LogP contribution in [-0.4, -0.2) is 40.1 Å². The lowest BCUT2D eigenvalue weighted by Crippen LogP contribution is -2.40. The van der Waals surface area contributed by atoms with Crippen LogP contribution in [-0.2, 0) is 12.8 Å². The van der Waals surface area contributed by atoms with E-state index in [0.29, 0.717) is 24.3 Å². The number of hydrogen-bond acceptors (Lipinski definition) is 4. The number of amides is 1. The van der Waals surface area contributed by atoms with Crippen molar-refractivity contribution in [2.45, 2.75) is 38.6 Å². The Kier molecular flexibility index (Phi) is 5.05. The highest BCUT2D eigenvalue weighted by Gasteiger charge is 2.31. The largest absolute Gasteiger partial charge is 0.427 e. The number of aryl methyl sites for hydroxylation is 3. The zero-order valence-corrected chi connectivity index (χ0v) is 15.9. The fraction of sp³-hybridized carbons (Fsp3) is 0.364. The summed E-state index contributed by atoms with van der Waals surface area (Å²) in [6.07, 6.45) is 4.89. The second-order valence-corrected chi connectivity index (χ2v) is 7.39. The van der Waals surface area contributed by atoms with E-state index in [1.807, 2.05) is 24.4 Å². The van der Waals surface area contributed by atoms with Gasteiger partial charge in [-0.1, -0.05) is 18.2 Å². The Labute approximate surface area is 162 Å². The van der Waals surface area contributed by atoms with E-state index in [2.05, 4.69) is 11.1 Å². The number of hydrogen-bond donors (Lipinski definition) is 2. The highest BCUT2D eigenvalue weighted by molar-refractivity contribution is 5.95. The molecule has 6 nitrogen and oxygen atoms in total. The van der Waals surface area contributed by atoms with Crippen LogP contribution in [0.1, 0.15) is 40.1 Å². The SMILES string of the molecule is Cc1cc(CCc2c[nH]c3ccccc23)oc(=O)c1C(=O)N1CCC[C@H]1CO. The Bertz CT molecular complexity index is 1070. The Morgan fingerprint density at radius 2 is 2.14 bits per heavy atom. The van der Waals surface area contributed by atoms with Crippen LogP contribution in [0.25, 0.3) is 10.9 Å². The van der Waals surface area contributed by atoms with Gasteiger partial charge in [0.15, 0.2) is 0 Å². The van der Waals surface area contributed by atoms with Crippen molar-refractivity contribution in [3.8, 4) is 0 Å². The highest BCUT2D eigenvalue weighted by atomic mass is 16.4. The van der Waals surface area contributed by atoms with E-state index in [1.54, 1.807) is 17.9 Å². The molecule has 1 fully saturated rings. The van der Waals surface area contributed by atoms with Crippen LogP contribution in [0.3, 0.4) is 0 Å². The quantitative estimate of drug-likeness (QED) is 0.713. The van der Waals surface area contributed by atoms with E-state index < -0.39 is 5.63 Å². The van der Waals surface area contributed by atoms with Gasteiger partial charge < -0.3 is 19.4 Å². The first-order chi connectivity index (χ1) is 13.6. The molecule has 4 rings (SSSR count). The molecule has 0 unspecified atom stereocenters. The van der Waals surface area contributed by atoms with E-state index in [0.717, 1.165) is 30.2 Å². The maximum atomic E-state index is 12.8. The maximum absolute atomic E-state index is 12.8. The minimum atomic E-state index is -0.595. The molecule has 1 aliphatic rings. The average molecular weight is 380 g/mol. The van der Waals surface area contributed by atoms with Crippen molar-refractivity contribution in [3.63, 3.8) is 0 Å². The van der Waals surface area contributed by atoms with Crippen molar-refractivity contribution in [2.24, 2.45) is 0 Å². The molecule has 0 bridgehead atoms. The summed E-state index contributed by atoms with van der Waals surface area (Å²) in [4.78, 5) is 30.2. The van der Waals surface area contributed by atoms with Gasteiger partial charge in [-0.05, 0) is 49.4 Å². The molecular formula is C22H24N2O4. The number of aromatic nitrogens is 1. The molecular weight excluding hydrogens is 356 g/mol. The van der Waals surface area contributed by atoms with Gasteiger partial charge in [-0.3, -0.25) is 4.79 Å². The van der Waals surface area contributed by atoms with Gasteiger partial charge in [0, 0.05) is 30.1 Å². The molecule has 1 atom stereocenters. The lowest BCUT2D eigenvalue weighted by molar-refractivity contribution is 0.0672. The molecule has 1 aliphatic heterocycles. The number of aromatic amines is 1. The molecule has 1 aromatic carbocycles. The van der Waals surface area contributed by atoms with Crippen molar-refractivity contribution >= 4 is 16.8 Å². The molecule has 28 heavy (non-hydrogen) atoms. The zero-order valence-electron chi connectivity index (χ0n) is 15.9. The maximum Gasteiger partial charge on any atom is 0.349 e. The number of H-pyrrole nitrogens is 1. The van der Waals surface area contributed by atoms with Crippen molar-refractivity contribution in [3.05, 3.63) is 69.4 Å². The van der Waals surface area contributed by atoms with E-state index in [9.17, 15) is 14.7 Å². The Hall–Kier alpha value is -2.86. The molecule has 1 amide bonds. The molecule has 146 valence electrons. The van der Waals surface area contributed by atoms with Crippen molar-refractivity contribution in [1.82, 2.24) is 9.88 Å². The van der Waals surface area contributed by atoms with Gasteiger partial charge in [-0.2, -0.15) is 0 Å². The summed E-state index contributed by atoms with van der Waals surface area (Å²) in [7, 11) is 0. The smallest absolute Gasteiger partial charge is 0.349 e. The van der Waals surface area contributed by atoms with Gasteiger partial charge in [-0.15, -0.1) is 0 Å². The summed E-state index contributed by atoms with van der Waals surface area (Å²) in [6, 6.07) is 9.66. The van der Waals surface area contributed by atoms with Gasteiger partial charge in [0.25, 0.3) is 5.91 Å². The average Bonchev–Trinajstić information content (AvgIpc) is 3.32. The normalized spacial score (nSPS) is 16.8. The number of carbonyl (C=O) groups is 1. The molecule has 2 aromatic heterocycles. The predicted octanol–water partition coefficient (Wildman–Crippen LogP) is 2.81. The van der Waals surface area contributed by atoms with E-state index >= 15 is 0 Å². The minimum Gasteiger partial charge on any atom is -0.427 e. The van der Waals surface area contributed by atoms with Crippen molar-refractivity contribution in [1.29, 1.82) is 0 Å². The Balaban J connectivity index is 1.54. The second-order valence-electron chi connectivity index (χ2n) is 7.39. The summed E-state index contributed by atoms with van der Waals surface area (Å²) in [6.45, 7) is 2.24. The minimum absolute atomic E-state index is 0.0798. The van der Waals surface area contributed by atoms with Crippen molar-refractivity contribution < 1.29 is 14.3 Å². The summed E-state index contributed by atoms with van der Waals surface area (Å²) >= 11 is 0. The van der Waals surface area contributed by atoms with E-state index in [-0.39, 0.29) is 24.1 Å². The number of aliphatic hydroxyl groups excluding tert-OH is 1. The zero-order chi connectivity index (χ0) is 19.7. The van der Waals surface area contributed by atoms with Gasteiger partial charge in [0.1, 0.15) is 11.3 Å². The molecule has 6 heteroatoms. The molecule has 0 radical (unpaired) electrons. The van der Waals surface area contributed by atoms with Crippen LogP contribution in [0.4, 0.5) is 0 Å². The Morgan fingerprint density at radius 3 is 2.93 bits per heavy atom. The third kappa shape index (κ3) is 3.36. The summed E-state index contributed by atoms with van der Waals surface area (Å²) < 4.78 is 5.47. The predicted molar refractivity (Wildman–Crippen MR) is 107 cm³/mol. The molecule has 0 spiro atoms. The van der Waals surface area contributed by atoms with E-state index in [1.165, 1.54) is 5.56 Å². The third-order valence-electron chi connectivity index (χ3n) is 5.58. The van der Waals surface area contributed by atoms with Gasteiger partial charge in [0.2, 0.25) is 0 Å². The monoisotopic (exact) mass is 380 g/mol. The number of nitrogens with one attached hydrogen (secondary N) is 1. The van der Waals surface area contributed by atoms with Gasteiger partial charge >= 0.3 is 5.63 Å². The second kappa shape index (κ2) is 7.64. The number of benzene rings is 1. The fourth-order valence-electron chi connectivity index (χ4n) is 4.09. The van der Waals surface area contributed by atoms with Gasteiger partial charge in [0.05, 0.1) is 12.6 Å². The first-order valence-corrected chi connectivity index (χ1v) is 9.69. The van der Waals surface area contributed by atoms with Crippen LogP contribution < -0.4 is 5.63 Å². The van der Waals surface area contributed by atoms with Crippen LogP contribution >= 0.6 is 0 Å². The number of nitrogens with zero attached hydrogens (tertiary/aromatic N) is 1. The molecule has 1 saturated heterocycles. The summed E-state index contributed by atoms with van der Waals surface area (Å²) in [5, 5.41) is 10.6. The van der Waals surface area contributed by atoms with Crippen molar-refractivity contribution in [2.75, 3.05) is 13.2 Å². The van der Waals surface area contributed by atoms with E-state index in [4.69, 9.17) is 4.42 Å².